The van der Waals surface area contributed by atoms with Crippen LogP contribution in [0.2, 0.25) is 0 Å². The number of hydrogen-bond donors (Lipinski definition) is 0. The summed E-state index contributed by atoms with van der Waals surface area (Å²) in [7, 11) is 0. The van der Waals surface area contributed by atoms with Crippen molar-refractivity contribution in [3.8, 4) is 11.1 Å². The number of aryl methyl sites for hydroxylation is 1. The molecule has 0 heterocycles. The average molecular weight is 278 g/mol. The van der Waals surface area contributed by atoms with Crippen LogP contribution in [0.25, 0.3) is 11.1 Å². The van der Waals surface area contributed by atoms with Crippen molar-refractivity contribution in [2.24, 2.45) is 0 Å². The first-order valence-electron chi connectivity index (χ1n) is 7.48. The molecule has 0 atom stereocenters. The van der Waals surface area contributed by atoms with Gasteiger partial charge >= 0.3 is 0 Å². The molecule has 0 fully saturated rings. The van der Waals surface area contributed by atoms with Crippen LogP contribution >= 0.6 is 0 Å². The normalized spacial score (nSPS) is 10.2. The lowest BCUT2D eigenvalue weighted by molar-refractivity contribution is 0.104. The lowest BCUT2D eigenvalue weighted by Gasteiger charge is -2.05. The Balaban J connectivity index is 2.18. The fourth-order valence-electron chi connectivity index (χ4n) is 2.33. The Labute approximate surface area is 127 Å². The standard InChI is InChI=1S/C20H22O/c1-4-5-16-6-8-17(9-7-16)18-10-12-19(13-11-18)20(21)14-15(2)3/h6-14H,4-5H2,1-3H3. The van der Waals surface area contributed by atoms with Crippen LogP contribution < -0.4 is 0 Å². The Morgan fingerprint density at radius 2 is 1.43 bits per heavy atom. The topological polar surface area (TPSA) is 17.1 Å². The lowest BCUT2D eigenvalue weighted by atomic mass is 10.00. The maximum atomic E-state index is 11.9. The van der Waals surface area contributed by atoms with E-state index in [9.17, 15) is 4.79 Å². The summed E-state index contributed by atoms with van der Waals surface area (Å²) in [5.41, 5.74) is 5.47. The van der Waals surface area contributed by atoms with E-state index >= 15 is 0 Å². The molecule has 21 heavy (non-hydrogen) atoms. The summed E-state index contributed by atoms with van der Waals surface area (Å²) in [5.74, 6) is 0.0693. The van der Waals surface area contributed by atoms with E-state index in [1.54, 1.807) is 6.08 Å². The Hall–Kier alpha value is -2.15. The number of carbonyl (C=O) groups is 1. The minimum atomic E-state index is 0.0693. The number of ketones is 1. The average Bonchev–Trinajstić information content (AvgIpc) is 2.48. The highest BCUT2D eigenvalue weighted by Gasteiger charge is 2.03. The van der Waals surface area contributed by atoms with E-state index in [-0.39, 0.29) is 5.78 Å². The van der Waals surface area contributed by atoms with Crippen molar-refractivity contribution in [2.75, 3.05) is 0 Å². The molecule has 0 saturated carbocycles. The second-order valence-electron chi connectivity index (χ2n) is 5.61. The number of rotatable bonds is 5. The molecule has 2 aromatic rings. The molecule has 1 nitrogen and oxygen atoms in total. The maximum absolute atomic E-state index is 11.9. The Morgan fingerprint density at radius 1 is 0.905 bits per heavy atom. The van der Waals surface area contributed by atoms with Crippen molar-refractivity contribution < 1.29 is 4.79 Å². The van der Waals surface area contributed by atoms with Crippen molar-refractivity contribution in [1.29, 1.82) is 0 Å². The van der Waals surface area contributed by atoms with E-state index in [0.29, 0.717) is 0 Å². The molecule has 0 saturated heterocycles. The Kier molecular flexibility index (Phi) is 5.10. The predicted molar refractivity (Wildman–Crippen MR) is 89.6 cm³/mol. The van der Waals surface area contributed by atoms with E-state index < -0.39 is 0 Å². The number of benzene rings is 2. The van der Waals surface area contributed by atoms with Crippen LogP contribution in [-0.4, -0.2) is 5.78 Å². The van der Waals surface area contributed by atoms with Gasteiger partial charge in [0.25, 0.3) is 0 Å². The fraction of sp³-hybridized carbons (Fsp3) is 0.250. The quantitative estimate of drug-likeness (QED) is 0.524. The summed E-state index contributed by atoms with van der Waals surface area (Å²) in [5, 5.41) is 0. The smallest absolute Gasteiger partial charge is 0.185 e. The van der Waals surface area contributed by atoms with E-state index in [4.69, 9.17) is 0 Å². The molecule has 108 valence electrons. The Morgan fingerprint density at radius 3 is 1.90 bits per heavy atom. The predicted octanol–water partition coefficient (Wildman–Crippen LogP) is 5.46. The number of hydrogen-bond acceptors (Lipinski definition) is 1. The molecule has 0 bridgehead atoms. The molecule has 0 N–H and O–H groups in total. The van der Waals surface area contributed by atoms with Crippen molar-refractivity contribution in [3.05, 3.63) is 71.3 Å². The number of carbonyl (C=O) groups excluding carboxylic acids is 1. The van der Waals surface area contributed by atoms with E-state index in [1.165, 1.54) is 17.5 Å². The van der Waals surface area contributed by atoms with Crippen molar-refractivity contribution in [1.82, 2.24) is 0 Å². The third-order valence-electron chi connectivity index (χ3n) is 3.42. The van der Waals surface area contributed by atoms with Crippen LogP contribution in [0.5, 0.6) is 0 Å². The highest BCUT2D eigenvalue weighted by atomic mass is 16.1. The van der Waals surface area contributed by atoms with Crippen LogP contribution in [0.4, 0.5) is 0 Å². The first-order chi connectivity index (χ1) is 10.1. The number of allylic oxidation sites excluding steroid dienone is 2. The SMILES string of the molecule is CCCc1ccc(-c2ccc(C(=O)C=C(C)C)cc2)cc1. The molecular weight excluding hydrogens is 256 g/mol. The molecule has 0 aliphatic heterocycles. The Bertz CT molecular complexity index is 627. The lowest BCUT2D eigenvalue weighted by Crippen LogP contribution is -1.94. The summed E-state index contributed by atoms with van der Waals surface area (Å²) in [6.07, 6.45) is 3.96. The van der Waals surface area contributed by atoms with Gasteiger partial charge in [-0.05, 0) is 43.0 Å². The highest BCUT2D eigenvalue weighted by Crippen LogP contribution is 2.21. The maximum Gasteiger partial charge on any atom is 0.185 e. The summed E-state index contributed by atoms with van der Waals surface area (Å²) in [6.45, 7) is 6.06. The van der Waals surface area contributed by atoms with E-state index in [0.717, 1.165) is 23.1 Å². The third kappa shape index (κ3) is 4.16. The molecule has 0 amide bonds. The zero-order valence-electron chi connectivity index (χ0n) is 13.0. The second-order valence-corrected chi connectivity index (χ2v) is 5.61. The largest absolute Gasteiger partial charge is 0.289 e. The first-order valence-corrected chi connectivity index (χ1v) is 7.48. The van der Waals surface area contributed by atoms with E-state index in [1.807, 2.05) is 38.1 Å². The summed E-state index contributed by atoms with van der Waals surface area (Å²) >= 11 is 0. The van der Waals surface area contributed by atoms with Crippen molar-refractivity contribution >= 4 is 5.78 Å². The molecule has 1 heteroatoms. The summed E-state index contributed by atoms with van der Waals surface area (Å²) in [4.78, 5) is 11.9. The molecule has 0 radical (unpaired) electrons. The highest BCUT2D eigenvalue weighted by molar-refractivity contribution is 6.05. The van der Waals surface area contributed by atoms with Crippen LogP contribution in [0.15, 0.2) is 60.2 Å². The van der Waals surface area contributed by atoms with Gasteiger partial charge in [0.15, 0.2) is 5.78 Å². The molecule has 0 spiro atoms. The zero-order valence-corrected chi connectivity index (χ0v) is 13.0. The minimum absolute atomic E-state index is 0.0693. The van der Waals surface area contributed by atoms with Gasteiger partial charge in [0.2, 0.25) is 0 Å². The zero-order chi connectivity index (χ0) is 15.2. The van der Waals surface area contributed by atoms with Gasteiger partial charge in [0.05, 0.1) is 0 Å². The van der Waals surface area contributed by atoms with Crippen molar-refractivity contribution in [3.63, 3.8) is 0 Å². The van der Waals surface area contributed by atoms with Crippen LogP contribution in [0.1, 0.15) is 43.1 Å². The first kappa shape index (κ1) is 15.2. The molecule has 0 aromatic heterocycles. The minimum Gasteiger partial charge on any atom is -0.289 e. The van der Waals surface area contributed by atoms with Gasteiger partial charge in [0.1, 0.15) is 0 Å². The molecular formula is C20H22O. The van der Waals surface area contributed by atoms with Gasteiger partial charge in [0, 0.05) is 5.56 Å². The fourth-order valence-corrected chi connectivity index (χ4v) is 2.33. The molecule has 2 rings (SSSR count). The molecule has 2 aromatic carbocycles. The second kappa shape index (κ2) is 7.03. The molecule has 0 aliphatic rings. The van der Waals surface area contributed by atoms with Crippen LogP contribution in [0, 0.1) is 0 Å². The monoisotopic (exact) mass is 278 g/mol. The van der Waals surface area contributed by atoms with Gasteiger partial charge < -0.3 is 0 Å². The van der Waals surface area contributed by atoms with Crippen molar-refractivity contribution in [2.45, 2.75) is 33.6 Å². The summed E-state index contributed by atoms with van der Waals surface area (Å²) < 4.78 is 0. The third-order valence-corrected chi connectivity index (χ3v) is 3.42. The van der Waals surface area contributed by atoms with Gasteiger partial charge in [-0.25, -0.2) is 0 Å². The van der Waals surface area contributed by atoms with Crippen LogP contribution in [-0.2, 0) is 6.42 Å². The molecule has 0 unspecified atom stereocenters. The van der Waals surface area contributed by atoms with E-state index in [2.05, 4.69) is 31.2 Å². The van der Waals surface area contributed by atoms with Gasteiger partial charge in [-0.3, -0.25) is 4.79 Å². The van der Waals surface area contributed by atoms with Gasteiger partial charge in [-0.1, -0.05) is 67.4 Å². The summed E-state index contributed by atoms with van der Waals surface area (Å²) in [6, 6.07) is 16.5. The van der Waals surface area contributed by atoms with Crippen LogP contribution in [0.3, 0.4) is 0 Å². The molecule has 0 aliphatic carbocycles. The van der Waals surface area contributed by atoms with Gasteiger partial charge in [-0.15, -0.1) is 0 Å². The van der Waals surface area contributed by atoms with Gasteiger partial charge in [-0.2, -0.15) is 0 Å².